The Morgan fingerprint density at radius 3 is 2.45 bits per heavy atom. The van der Waals surface area contributed by atoms with Crippen LogP contribution >= 0.6 is 11.6 Å². The Hall–Kier alpha value is -3.14. The molecule has 0 bridgehead atoms. The average molecular weight is 426 g/mol. The number of piperazine rings is 1. The molecule has 1 heterocycles. The van der Waals surface area contributed by atoms with Gasteiger partial charge in [-0.15, -0.1) is 0 Å². The highest BCUT2D eigenvalue weighted by atomic mass is 35.5. The lowest BCUT2D eigenvalue weighted by Crippen LogP contribution is -2.51. The molecule has 2 rings (SSSR count). The number of hydrogen-bond donors (Lipinski definition) is 0. The molecule has 0 N–H and O–H groups in total. The number of carbonyl (C=O) groups excluding carboxylic acids is 3. The van der Waals surface area contributed by atoms with Crippen molar-refractivity contribution in [1.29, 1.82) is 0 Å². The van der Waals surface area contributed by atoms with Crippen LogP contribution in [0.2, 0.25) is 5.02 Å². The molecule has 0 aliphatic carbocycles. The van der Waals surface area contributed by atoms with Crippen LogP contribution in [0.1, 0.15) is 12.5 Å². The van der Waals surface area contributed by atoms with Crippen molar-refractivity contribution >= 4 is 41.3 Å². The van der Waals surface area contributed by atoms with E-state index in [0.717, 1.165) is 6.08 Å². The number of nitrogens with zero attached hydrogens (tertiary/aromatic N) is 3. The normalized spacial score (nSPS) is 14.0. The van der Waals surface area contributed by atoms with Gasteiger partial charge in [-0.1, -0.05) is 17.7 Å². The molecule has 10 nitrogen and oxygen atoms in total. The number of amides is 2. The number of carbonyl (C=O) groups is 3. The Balaban J connectivity index is 1.80. The molecular formula is C18H20ClN3O7. The molecule has 156 valence electrons. The van der Waals surface area contributed by atoms with Gasteiger partial charge in [-0.05, 0) is 24.6 Å². The summed E-state index contributed by atoms with van der Waals surface area (Å²) < 4.78 is 9.82. The van der Waals surface area contributed by atoms with Crippen molar-refractivity contribution in [3.63, 3.8) is 0 Å². The largest absolute Gasteiger partial charge is 0.452 e. The van der Waals surface area contributed by atoms with E-state index >= 15 is 0 Å². The zero-order valence-corrected chi connectivity index (χ0v) is 16.5. The zero-order chi connectivity index (χ0) is 21.4. The molecule has 1 fully saturated rings. The highest BCUT2D eigenvalue weighted by molar-refractivity contribution is 6.32. The van der Waals surface area contributed by atoms with Crippen LogP contribution in [0.4, 0.5) is 10.5 Å². The zero-order valence-electron chi connectivity index (χ0n) is 15.7. The molecule has 11 heteroatoms. The first-order valence-corrected chi connectivity index (χ1v) is 9.18. The first-order valence-electron chi connectivity index (χ1n) is 8.80. The number of halogens is 1. The van der Waals surface area contributed by atoms with Gasteiger partial charge >= 0.3 is 12.1 Å². The number of rotatable bonds is 6. The Bertz CT molecular complexity index is 820. The Morgan fingerprint density at radius 1 is 1.17 bits per heavy atom. The van der Waals surface area contributed by atoms with Crippen LogP contribution < -0.4 is 0 Å². The van der Waals surface area contributed by atoms with Crippen LogP contribution in [0.3, 0.4) is 0 Å². The minimum atomic E-state index is -0.763. The number of hydrogen-bond acceptors (Lipinski definition) is 7. The molecule has 29 heavy (non-hydrogen) atoms. The molecule has 0 aromatic heterocycles. The molecule has 0 unspecified atom stereocenters. The first kappa shape index (κ1) is 22.2. The Labute approximate surface area is 171 Å². The monoisotopic (exact) mass is 425 g/mol. The van der Waals surface area contributed by atoms with Gasteiger partial charge in [0.15, 0.2) is 6.61 Å². The third-order valence-electron chi connectivity index (χ3n) is 4.08. The smallest absolute Gasteiger partial charge is 0.409 e. The summed E-state index contributed by atoms with van der Waals surface area (Å²) in [6.07, 6.45) is 1.98. The van der Waals surface area contributed by atoms with Gasteiger partial charge in [0, 0.05) is 38.3 Å². The van der Waals surface area contributed by atoms with Crippen molar-refractivity contribution in [2.24, 2.45) is 0 Å². The predicted octanol–water partition coefficient (Wildman–Crippen LogP) is 2.11. The summed E-state index contributed by atoms with van der Waals surface area (Å²) in [5.74, 6) is -1.14. The number of nitro benzene ring substituents is 1. The van der Waals surface area contributed by atoms with E-state index in [1.54, 1.807) is 6.92 Å². The molecule has 1 aliphatic heterocycles. The second-order valence-electron chi connectivity index (χ2n) is 5.98. The molecule has 0 atom stereocenters. The lowest BCUT2D eigenvalue weighted by molar-refractivity contribution is -0.384. The minimum absolute atomic E-state index is 0.0108. The summed E-state index contributed by atoms with van der Waals surface area (Å²) in [4.78, 5) is 48.8. The second-order valence-corrected chi connectivity index (χ2v) is 6.38. The van der Waals surface area contributed by atoms with Crippen LogP contribution in [-0.2, 0) is 19.1 Å². The van der Waals surface area contributed by atoms with E-state index < -0.39 is 23.6 Å². The maximum atomic E-state index is 12.1. The quantitative estimate of drug-likeness (QED) is 0.296. The fraction of sp³-hybridized carbons (Fsp3) is 0.389. The van der Waals surface area contributed by atoms with Crippen LogP contribution in [0, 0.1) is 10.1 Å². The van der Waals surface area contributed by atoms with Gasteiger partial charge in [-0.3, -0.25) is 14.9 Å². The molecular weight excluding hydrogens is 406 g/mol. The van der Waals surface area contributed by atoms with Crippen LogP contribution in [0.15, 0.2) is 24.3 Å². The van der Waals surface area contributed by atoms with Gasteiger partial charge < -0.3 is 19.3 Å². The van der Waals surface area contributed by atoms with Gasteiger partial charge in [0.25, 0.3) is 11.6 Å². The number of nitro groups is 1. The van der Waals surface area contributed by atoms with Crippen molar-refractivity contribution in [3.8, 4) is 0 Å². The van der Waals surface area contributed by atoms with Gasteiger partial charge in [0.05, 0.1) is 11.5 Å². The van der Waals surface area contributed by atoms with E-state index in [4.69, 9.17) is 21.1 Å². The fourth-order valence-corrected chi connectivity index (χ4v) is 2.75. The molecule has 2 amide bonds. The van der Waals surface area contributed by atoms with E-state index in [2.05, 4.69) is 0 Å². The van der Waals surface area contributed by atoms with Crippen LogP contribution in [0.5, 0.6) is 0 Å². The Kier molecular flexibility index (Phi) is 7.96. The lowest BCUT2D eigenvalue weighted by atomic mass is 10.2. The van der Waals surface area contributed by atoms with Crippen molar-refractivity contribution in [1.82, 2.24) is 9.80 Å². The van der Waals surface area contributed by atoms with Crippen molar-refractivity contribution in [3.05, 3.63) is 45.0 Å². The number of esters is 1. The summed E-state index contributed by atoms with van der Waals surface area (Å²) >= 11 is 5.73. The van der Waals surface area contributed by atoms with Crippen LogP contribution in [-0.4, -0.2) is 72.1 Å². The van der Waals surface area contributed by atoms with Crippen molar-refractivity contribution in [2.45, 2.75) is 6.92 Å². The van der Waals surface area contributed by atoms with Gasteiger partial charge in [-0.25, -0.2) is 9.59 Å². The predicted molar refractivity (Wildman–Crippen MR) is 103 cm³/mol. The summed E-state index contributed by atoms with van der Waals surface area (Å²) in [6, 6.07) is 4.08. The summed E-state index contributed by atoms with van der Waals surface area (Å²) in [7, 11) is 0. The standard InChI is InChI=1S/C18H20ClN3O7/c1-2-28-18(25)21-9-7-20(8-10-21)16(23)12-29-17(24)6-4-13-3-5-14(19)15(11-13)22(26)27/h3-6,11H,2,7-10,12H2,1H3/b6-4+. The molecule has 0 saturated carbocycles. The van der Waals surface area contributed by atoms with E-state index in [1.807, 2.05) is 0 Å². The van der Waals surface area contributed by atoms with Crippen molar-refractivity contribution < 1.29 is 28.8 Å². The van der Waals surface area contributed by atoms with E-state index in [0.29, 0.717) is 31.7 Å². The maximum Gasteiger partial charge on any atom is 0.409 e. The Morgan fingerprint density at radius 2 is 1.83 bits per heavy atom. The first-order chi connectivity index (χ1) is 13.8. The van der Waals surface area contributed by atoms with Crippen molar-refractivity contribution in [2.75, 3.05) is 39.4 Å². The number of benzene rings is 1. The molecule has 0 radical (unpaired) electrons. The van der Waals surface area contributed by atoms with E-state index in [9.17, 15) is 24.5 Å². The minimum Gasteiger partial charge on any atom is -0.452 e. The van der Waals surface area contributed by atoms with E-state index in [1.165, 1.54) is 34.1 Å². The molecule has 1 saturated heterocycles. The maximum absolute atomic E-state index is 12.1. The van der Waals surface area contributed by atoms with Gasteiger partial charge in [0.2, 0.25) is 0 Å². The lowest BCUT2D eigenvalue weighted by Gasteiger charge is -2.33. The molecule has 0 spiro atoms. The topological polar surface area (TPSA) is 119 Å². The summed E-state index contributed by atoms with van der Waals surface area (Å²) in [6.45, 7) is 2.88. The highest BCUT2D eigenvalue weighted by Crippen LogP contribution is 2.25. The van der Waals surface area contributed by atoms with Crippen LogP contribution in [0.25, 0.3) is 6.08 Å². The van der Waals surface area contributed by atoms with E-state index in [-0.39, 0.29) is 23.2 Å². The highest BCUT2D eigenvalue weighted by Gasteiger charge is 2.25. The molecule has 1 aliphatic rings. The average Bonchev–Trinajstić information content (AvgIpc) is 2.71. The second kappa shape index (κ2) is 10.4. The third-order valence-corrected chi connectivity index (χ3v) is 4.39. The van der Waals surface area contributed by atoms with Gasteiger partial charge in [-0.2, -0.15) is 0 Å². The fourth-order valence-electron chi connectivity index (χ4n) is 2.56. The third kappa shape index (κ3) is 6.46. The number of ether oxygens (including phenoxy) is 2. The molecule has 1 aromatic rings. The SMILES string of the molecule is CCOC(=O)N1CCN(C(=O)COC(=O)/C=C/c2ccc(Cl)c([N+](=O)[O-])c2)CC1. The summed E-state index contributed by atoms with van der Waals surface area (Å²) in [5, 5.41) is 10.9. The van der Waals surface area contributed by atoms with Gasteiger partial charge in [0.1, 0.15) is 5.02 Å². The molecule has 1 aromatic carbocycles. The summed E-state index contributed by atoms with van der Waals surface area (Å²) in [5.41, 5.74) is 0.110.